The van der Waals surface area contributed by atoms with E-state index < -0.39 is 0 Å². The average Bonchev–Trinajstić information content (AvgIpc) is 3.11. The first-order chi connectivity index (χ1) is 15.1. The first-order valence-electron chi connectivity index (χ1n) is 12.6. The molecule has 3 fully saturated rings. The fraction of sp³-hybridized carbons (Fsp3) is 0.815. The maximum atomic E-state index is 12.2. The van der Waals surface area contributed by atoms with Crippen molar-refractivity contribution in [3.05, 3.63) is 11.6 Å². The molecular weight excluding hydrogens is 404 g/mol. The summed E-state index contributed by atoms with van der Waals surface area (Å²) < 4.78 is 11.0. The number of ether oxygens (including phenoxy) is 2. The smallest absolute Gasteiger partial charge is 0.305 e. The van der Waals surface area contributed by atoms with Crippen molar-refractivity contribution < 1.29 is 23.9 Å². The Labute approximate surface area is 192 Å². The summed E-state index contributed by atoms with van der Waals surface area (Å²) in [7, 11) is 1.45. The third-order valence-corrected chi connectivity index (χ3v) is 10.1. The molecule has 0 aliphatic heterocycles. The van der Waals surface area contributed by atoms with E-state index in [-0.39, 0.29) is 34.7 Å². The van der Waals surface area contributed by atoms with Gasteiger partial charge in [0.25, 0.3) is 0 Å². The Morgan fingerprint density at radius 2 is 1.91 bits per heavy atom. The van der Waals surface area contributed by atoms with Gasteiger partial charge >= 0.3 is 11.9 Å². The molecule has 0 saturated heterocycles. The summed E-state index contributed by atoms with van der Waals surface area (Å²) in [4.78, 5) is 36.1. The molecule has 0 radical (unpaired) electrons. The van der Waals surface area contributed by atoms with Gasteiger partial charge in [-0.15, -0.1) is 0 Å². The van der Waals surface area contributed by atoms with Gasteiger partial charge < -0.3 is 9.47 Å². The van der Waals surface area contributed by atoms with Crippen molar-refractivity contribution in [3.63, 3.8) is 0 Å². The first kappa shape index (κ1) is 23.5. The molecule has 0 N–H and O–H groups in total. The first-order valence-corrected chi connectivity index (χ1v) is 12.6. The van der Waals surface area contributed by atoms with Crippen molar-refractivity contribution in [2.75, 3.05) is 7.11 Å². The molecule has 4 rings (SSSR count). The molecule has 0 spiro atoms. The van der Waals surface area contributed by atoms with Crippen LogP contribution in [0.25, 0.3) is 0 Å². The van der Waals surface area contributed by atoms with Crippen LogP contribution in [-0.2, 0) is 23.9 Å². The Morgan fingerprint density at radius 3 is 2.59 bits per heavy atom. The lowest BCUT2D eigenvalue weighted by Gasteiger charge is -2.60. The second-order valence-electron chi connectivity index (χ2n) is 11.4. The molecule has 178 valence electrons. The lowest BCUT2D eigenvalue weighted by atomic mass is 9.45. The molecule has 4 aliphatic rings. The van der Waals surface area contributed by atoms with Crippen LogP contribution < -0.4 is 0 Å². The van der Waals surface area contributed by atoms with E-state index in [4.69, 9.17) is 9.47 Å². The number of rotatable bonds is 5. The third-order valence-electron chi connectivity index (χ3n) is 10.1. The normalized spacial score (nSPS) is 41.6. The summed E-state index contributed by atoms with van der Waals surface area (Å²) in [5.41, 5.74) is 1.32. The molecule has 0 unspecified atom stereocenters. The number of hydrogen-bond donors (Lipinski definition) is 0. The van der Waals surface area contributed by atoms with Crippen LogP contribution in [-0.4, -0.2) is 30.9 Å². The van der Waals surface area contributed by atoms with Crippen LogP contribution in [0.4, 0.5) is 0 Å². The van der Waals surface area contributed by atoms with Crippen LogP contribution in [0.15, 0.2) is 11.6 Å². The molecular formula is C27H40O5. The highest BCUT2D eigenvalue weighted by Gasteiger charge is 2.64. The van der Waals surface area contributed by atoms with E-state index in [0.717, 1.165) is 44.9 Å². The van der Waals surface area contributed by atoms with Gasteiger partial charge in [-0.05, 0) is 86.0 Å². The zero-order valence-corrected chi connectivity index (χ0v) is 20.4. The summed E-state index contributed by atoms with van der Waals surface area (Å²) in [6.07, 6.45) is 9.98. The highest BCUT2D eigenvalue weighted by atomic mass is 16.5. The van der Waals surface area contributed by atoms with Crippen molar-refractivity contribution in [1.29, 1.82) is 0 Å². The van der Waals surface area contributed by atoms with Crippen LogP contribution >= 0.6 is 0 Å². The minimum absolute atomic E-state index is 0.0468. The molecule has 8 atom stereocenters. The quantitative estimate of drug-likeness (QED) is 0.541. The van der Waals surface area contributed by atoms with Crippen molar-refractivity contribution in [3.8, 4) is 0 Å². The van der Waals surface area contributed by atoms with Crippen molar-refractivity contribution in [2.24, 2.45) is 40.4 Å². The van der Waals surface area contributed by atoms with Gasteiger partial charge in [-0.1, -0.05) is 26.3 Å². The summed E-state index contributed by atoms with van der Waals surface area (Å²) in [5.74, 6) is 2.32. The Bertz CT molecular complexity index is 815. The minimum Gasteiger partial charge on any atom is -0.469 e. The number of allylic oxidation sites excluding steroid dienone is 1. The van der Waals surface area contributed by atoms with Crippen molar-refractivity contribution in [1.82, 2.24) is 0 Å². The Morgan fingerprint density at radius 1 is 1.16 bits per heavy atom. The van der Waals surface area contributed by atoms with E-state index in [1.807, 2.05) is 6.08 Å². The molecule has 0 aromatic carbocycles. The number of methoxy groups -OCH3 is 1. The van der Waals surface area contributed by atoms with E-state index in [0.29, 0.717) is 42.4 Å². The number of carbonyl (C=O) groups is 3. The van der Waals surface area contributed by atoms with Crippen LogP contribution in [0.2, 0.25) is 0 Å². The molecule has 5 heteroatoms. The van der Waals surface area contributed by atoms with Gasteiger partial charge in [0.2, 0.25) is 0 Å². The van der Waals surface area contributed by atoms with Gasteiger partial charge in [-0.3, -0.25) is 14.4 Å². The van der Waals surface area contributed by atoms with Crippen LogP contribution in [0, 0.1) is 40.4 Å². The van der Waals surface area contributed by atoms with Crippen molar-refractivity contribution >= 4 is 17.7 Å². The molecule has 0 amide bonds. The fourth-order valence-electron chi connectivity index (χ4n) is 8.48. The Balaban J connectivity index is 1.65. The van der Waals surface area contributed by atoms with Crippen LogP contribution in [0.3, 0.4) is 0 Å². The van der Waals surface area contributed by atoms with Gasteiger partial charge in [-0.2, -0.15) is 0 Å². The van der Waals surface area contributed by atoms with Crippen LogP contribution in [0.5, 0.6) is 0 Å². The second kappa shape index (κ2) is 8.61. The van der Waals surface area contributed by atoms with Gasteiger partial charge in [0, 0.05) is 25.2 Å². The lowest BCUT2D eigenvalue weighted by molar-refractivity contribution is -0.181. The lowest BCUT2D eigenvalue weighted by Crippen LogP contribution is -2.57. The largest absolute Gasteiger partial charge is 0.469 e. The number of esters is 2. The Kier molecular flexibility index (Phi) is 6.32. The van der Waals surface area contributed by atoms with Gasteiger partial charge in [0.05, 0.1) is 7.11 Å². The highest BCUT2D eigenvalue weighted by molar-refractivity contribution is 5.91. The van der Waals surface area contributed by atoms with Gasteiger partial charge in [-0.25, -0.2) is 0 Å². The predicted molar refractivity (Wildman–Crippen MR) is 122 cm³/mol. The molecule has 0 aromatic rings. The second-order valence-corrected chi connectivity index (χ2v) is 11.4. The summed E-state index contributed by atoms with van der Waals surface area (Å²) >= 11 is 0. The monoisotopic (exact) mass is 444 g/mol. The average molecular weight is 445 g/mol. The zero-order valence-electron chi connectivity index (χ0n) is 20.4. The minimum atomic E-state index is -0.197. The summed E-state index contributed by atoms with van der Waals surface area (Å²) in [5, 5.41) is 0. The molecule has 0 heterocycles. The molecule has 5 nitrogen and oxygen atoms in total. The summed E-state index contributed by atoms with van der Waals surface area (Å²) in [6.45, 7) is 8.52. The topological polar surface area (TPSA) is 69.7 Å². The molecule has 32 heavy (non-hydrogen) atoms. The Hall–Kier alpha value is -1.65. The van der Waals surface area contributed by atoms with Crippen molar-refractivity contribution in [2.45, 2.75) is 91.6 Å². The number of hydrogen-bond acceptors (Lipinski definition) is 5. The van der Waals surface area contributed by atoms with E-state index in [9.17, 15) is 14.4 Å². The molecule has 0 bridgehead atoms. The maximum Gasteiger partial charge on any atom is 0.305 e. The number of ketones is 1. The van der Waals surface area contributed by atoms with Gasteiger partial charge in [0.1, 0.15) is 6.10 Å². The zero-order chi connectivity index (χ0) is 23.3. The highest BCUT2D eigenvalue weighted by Crippen LogP contribution is 2.68. The van der Waals surface area contributed by atoms with E-state index in [1.54, 1.807) is 0 Å². The SMILES string of the molecule is COC(=O)CC[C@H](C)[C@H]1CC[C@H]2[C@@H]3CCC4=CC(=O)CC[C@]4(C)[C@H]3C[C@@H](OC(C)=O)[C@]12C. The molecule has 4 aliphatic carbocycles. The van der Waals surface area contributed by atoms with E-state index >= 15 is 0 Å². The van der Waals surface area contributed by atoms with E-state index in [2.05, 4.69) is 20.8 Å². The molecule has 3 saturated carbocycles. The fourth-order valence-corrected chi connectivity index (χ4v) is 8.48. The number of carbonyl (C=O) groups excluding carboxylic acids is 3. The molecule has 0 aromatic heterocycles. The summed E-state index contributed by atoms with van der Waals surface area (Å²) in [6, 6.07) is 0. The van der Waals surface area contributed by atoms with E-state index in [1.165, 1.54) is 19.6 Å². The maximum absolute atomic E-state index is 12.2. The number of fused-ring (bicyclic) bond motifs is 5. The van der Waals surface area contributed by atoms with Crippen LogP contribution in [0.1, 0.15) is 85.5 Å². The standard InChI is InChI=1S/C27H40O5/c1-16(6-11-25(30)31-5)21-9-10-22-20-8-7-18-14-19(29)12-13-26(18,3)23(20)15-24(27(21,22)4)32-17(2)28/h14,16,20-24H,6-13,15H2,1-5H3/t16-,20-,21+,22-,23-,24+,26-,27+/m0/s1. The third kappa shape index (κ3) is 3.74. The predicted octanol–water partition coefficient (Wildman–Crippen LogP) is 5.27. The van der Waals surface area contributed by atoms with Gasteiger partial charge in [0.15, 0.2) is 5.78 Å².